The maximum Gasteiger partial charge on any atom is 0.338 e. The number of carboxylic acids is 1. The average molecular weight is 193 g/mol. The van der Waals surface area contributed by atoms with Gasteiger partial charge in [0.05, 0.1) is 6.04 Å². The predicted octanol–water partition coefficient (Wildman–Crippen LogP) is 0.0582. The highest BCUT2D eigenvalue weighted by molar-refractivity contribution is 5.80. The maximum atomic E-state index is 10.9. The van der Waals surface area contributed by atoms with Crippen molar-refractivity contribution in [1.82, 2.24) is 0 Å². The molecule has 0 spiro atoms. The van der Waals surface area contributed by atoms with Crippen LogP contribution in [-0.2, 0) is 11.2 Å². The number of nitrogens with two attached hydrogens (primary N) is 1. The second kappa shape index (κ2) is 2.80. The lowest BCUT2D eigenvalue weighted by molar-refractivity contribution is -0.159. The van der Waals surface area contributed by atoms with Gasteiger partial charge in [-0.1, -0.05) is 24.3 Å². The van der Waals surface area contributed by atoms with Crippen molar-refractivity contribution in [3.8, 4) is 0 Å². The number of carbonyl (C=O) groups is 1. The Kier molecular flexibility index (Phi) is 1.83. The fourth-order valence-electron chi connectivity index (χ4n) is 1.86. The first kappa shape index (κ1) is 9.18. The molecule has 0 fully saturated rings. The molecule has 4 N–H and O–H groups in total. The van der Waals surface area contributed by atoms with Crippen LogP contribution in [0.15, 0.2) is 24.3 Å². The Bertz CT molecular complexity index is 391. The quantitative estimate of drug-likeness (QED) is 0.588. The van der Waals surface area contributed by atoms with Crippen LogP contribution in [0.5, 0.6) is 0 Å². The summed E-state index contributed by atoms with van der Waals surface area (Å²) in [5, 5.41) is 18.7. The van der Waals surface area contributed by atoms with E-state index in [0.29, 0.717) is 0 Å². The van der Waals surface area contributed by atoms with Gasteiger partial charge >= 0.3 is 5.97 Å². The molecule has 0 heterocycles. The van der Waals surface area contributed by atoms with Crippen molar-refractivity contribution in [2.45, 2.75) is 18.1 Å². The largest absolute Gasteiger partial charge is 0.479 e. The fourth-order valence-corrected chi connectivity index (χ4v) is 1.86. The summed E-state index contributed by atoms with van der Waals surface area (Å²) in [6.07, 6.45) is 0.0830. The van der Waals surface area contributed by atoms with E-state index in [0.717, 1.165) is 11.1 Å². The summed E-state index contributed by atoms with van der Waals surface area (Å²) in [5.41, 5.74) is 5.38. The first-order valence-electron chi connectivity index (χ1n) is 4.35. The molecule has 0 radical (unpaired) electrons. The summed E-state index contributed by atoms with van der Waals surface area (Å²) >= 11 is 0. The minimum absolute atomic E-state index is 0.0830. The molecule has 0 aromatic heterocycles. The van der Waals surface area contributed by atoms with E-state index in [1.165, 1.54) is 0 Å². The van der Waals surface area contributed by atoms with Crippen LogP contribution in [0.1, 0.15) is 17.2 Å². The van der Waals surface area contributed by atoms with Gasteiger partial charge in [-0.25, -0.2) is 4.79 Å². The highest BCUT2D eigenvalue weighted by Gasteiger charge is 2.48. The second-order valence-electron chi connectivity index (χ2n) is 3.58. The Hall–Kier alpha value is -1.39. The van der Waals surface area contributed by atoms with E-state index in [1.54, 1.807) is 24.3 Å². The zero-order valence-electron chi connectivity index (χ0n) is 7.47. The molecule has 1 aliphatic rings. The molecule has 0 aliphatic heterocycles. The van der Waals surface area contributed by atoms with Gasteiger partial charge in [0.25, 0.3) is 0 Å². The molecule has 2 rings (SSSR count). The number of carboxylic acid groups (broad SMARTS) is 1. The number of fused-ring (bicyclic) bond motifs is 1. The average Bonchev–Trinajstić information content (AvgIpc) is 2.42. The van der Waals surface area contributed by atoms with Gasteiger partial charge in [-0.3, -0.25) is 0 Å². The van der Waals surface area contributed by atoms with Crippen LogP contribution in [0, 0.1) is 0 Å². The lowest BCUT2D eigenvalue weighted by Crippen LogP contribution is -2.46. The van der Waals surface area contributed by atoms with Crippen molar-refractivity contribution in [3.63, 3.8) is 0 Å². The Morgan fingerprint density at radius 3 is 2.71 bits per heavy atom. The molecule has 74 valence electrons. The number of aliphatic carboxylic acids is 1. The molecule has 1 unspecified atom stereocenters. The van der Waals surface area contributed by atoms with Gasteiger partial charge in [-0.15, -0.1) is 0 Å². The number of aliphatic hydroxyl groups is 1. The van der Waals surface area contributed by atoms with Crippen LogP contribution in [0.2, 0.25) is 0 Å². The third kappa shape index (κ3) is 1.05. The molecule has 14 heavy (non-hydrogen) atoms. The van der Waals surface area contributed by atoms with Gasteiger partial charge in [-0.2, -0.15) is 0 Å². The number of hydrogen-bond acceptors (Lipinski definition) is 3. The Morgan fingerprint density at radius 1 is 1.50 bits per heavy atom. The summed E-state index contributed by atoms with van der Waals surface area (Å²) < 4.78 is 0. The van der Waals surface area contributed by atoms with Crippen LogP contribution in [0.4, 0.5) is 0 Å². The Balaban J connectivity index is 2.48. The van der Waals surface area contributed by atoms with E-state index < -0.39 is 17.6 Å². The third-order valence-electron chi connectivity index (χ3n) is 2.73. The van der Waals surface area contributed by atoms with E-state index in [2.05, 4.69) is 0 Å². The van der Waals surface area contributed by atoms with E-state index in [-0.39, 0.29) is 6.42 Å². The van der Waals surface area contributed by atoms with Gasteiger partial charge in [0.15, 0.2) is 5.60 Å². The molecule has 1 aromatic rings. The third-order valence-corrected chi connectivity index (χ3v) is 2.73. The number of benzene rings is 1. The van der Waals surface area contributed by atoms with Crippen molar-refractivity contribution in [1.29, 1.82) is 0 Å². The fraction of sp³-hybridized carbons (Fsp3) is 0.300. The van der Waals surface area contributed by atoms with Crippen LogP contribution < -0.4 is 5.73 Å². The van der Waals surface area contributed by atoms with Crippen LogP contribution in [0.25, 0.3) is 0 Å². The normalized spacial score (nSPS) is 30.0. The molecule has 0 bridgehead atoms. The van der Waals surface area contributed by atoms with E-state index >= 15 is 0 Å². The summed E-state index contributed by atoms with van der Waals surface area (Å²) in [6, 6.07) is 6.29. The van der Waals surface area contributed by atoms with Gasteiger partial charge < -0.3 is 15.9 Å². The van der Waals surface area contributed by atoms with E-state index in [9.17, 15) is 9.90 Å². The lowest BCUT2D eigenvalue weighted by atomic mass is 9.96. The standard InChI is InChI=1S/C10H11NO3/c11-8-7-4-2-1-3-6(7)5-10(8,14)9(12)13/h1-4,8,14H,5,11H2,(H,12,13)/t8?,10-/m1/s1. The highest BCUT2D eigenvalue weighted by atomic mass is 16.4. The molecule has 4 heteroatoms. The van der Waals surface area contributed by atoms with Crippen molar-refractivity contribution in [2.24, 2.45) is 5.73 Å². The summed E-state index contributed by atoms with van der Waals surface area (Å²) in [4.78, 5) is 10.9. The maximum absolute atomic E-state index is 10.9. The highest BCUT2D eigenvalue weighted by Crippen LogP contribution is 2.37. The molecule has 0 amide bonds. The monoisotopic (exact) mass is 193 g/mol. The van der Waals surface area contributed by atoms with E-state index in [1.807, 2.05) is 0 Å². The lowest BCUT2D eigenvalue weighted by Gasteiger charge is -2.22. The number of rotatable bonds is 1. The van der Waals surface area contributed by atoms with Crippen LogP contribution in [0.3, 0.4) is 0 Å². The van der Waals surface area contributed by atoms with Gasteiger partial charge in [-0.05, 0) is 11.1 Å². The summed E-state index contributed by atoms with van der Waals surface area (Å²) in [5.74, 6) is -1.26. The van der Waals surface area contributed by atoms with Crippen molar-refractivity contribution in [2.75, 3.05) is 0 Å². The van der Waals surface area contributed by atoms with Gasteiger partial charge in [0.2, 0.25) is 0 Å². The second-order valence-corrected chi connectivity index (χ2v) is 3.58. The molecule has 0 saturated heterocycles. The SMILES string of the molecule is NC1c2ccccc2C[C@]1(O)C(=O)O. The number of hydrogen-bond donors (Lipinski definition) is 3. The molecule has 1 aliphatic carbocycles. The molecule has 4 nitrogen and oxygen atoms in total. The van der Waals surface area contributed by atoms with Crippen LogP contribution >= 0.6 is 0 Å². The van der Waals surface area contributed by atoms with Crippen molar-refractivity contribution in [3.05, 3.63) is 35.4 Å². The van der Waals surface area contributed by atoms with Gasteiger partial charge in [0.1, 0.15) is 0 Å². The summed E-state index contributed by atoms with van der Waals surface area (Å²) in [7, 11) is 0. The Labute approximate surface area is 81.0 Å². The van der Waals surface area contributed by atoms with E-state index in [4.69, 9.17) is 10.8 Å². The molecular weight excluding hydrogens is 182 g/mol. The molecular formula is C10H11NO3. The van der Waals surface area contributed by atoms with Crippen LogP contribution in [-0.4, -0.2) is 21.8 Å². The molecule has 2 atom stereocenters. The predicted molar refractivity (Wildman–Crippen MR) is 49.7 cm³/mol. The molecule has 0 saturated carbocycles. The zero-order valence-corrected chi connectivity index (χ0v) is 7.47. The van der Waals surface area contributed by atoms with Gasteiger partial charge in [0, 0.05) is 6.42 Å². The minimum atomic E-state index is -1.84. The first-order valence-corrected chi connectivity index (χ1v) is 4.35. The zero-order chi connectivity index (χ0) is 10.3. The Morgan fingerprint density at radius 2 is 2.14 bits per heavy atom. The topological polar surface area (TPSA) is 83.5 Å². The summed E-state index contributed by atoms with van der Waals surface area (Å²) in [6.45, 7) is 0. The van der Waals surface area contributed by atoms with Crippen molar-refractivity contribution >= 4 is 5.97 Å². The van der Waals surface area contributed by atoms with Crippen molar-refractivity contribution < 1.29 is 15.0 Å². The smallest absolute Gasteiger partial charge is 0.338 e. The first-order chi connectivity index (χ1) is 6.55. The minimum Gasteiger partial charge on any atom is -0.479 e. The molecule has 1 aromatic carbocycles.